The summed E-state index contributed by atoms with van der Waals surface area (Å²) in [6.07, 6.45) is 3.40. The fourth-order valence-electron chi connectivity index (χ4n) is 0.935. The summed E-state index contributed by atoms with van der Waals surface area (Å²) in [5.41, 5.74) is 6.01. The summed E-state index contributed by atoms with van der Waals surface area (Å²) in [4.78, 5) is 21.0. The van der Waals surface area contributed by atoms with E-state index in [2.05, 4.69) is 0 Å². The van der Waals surface area contributed by atoms with E-state index in [1.807, 2.05) is 0 Å². The second-order valence-electron chi connectivity index (χ2n) is 2.63. The molecule has 0 fully saturated rings. The van der Waals surface area contributed by atoms with Gasteiger partial charge in [0.15, 0.2) is 6.29 Å². The third-order valence-electron chi connectivity index (χ3n) is 1.59. The summed E-state index contributed by atoms with van der Waals surface area (Å²) in [6.45, 7) is 0. The molecule has 0 saturated carbocycles. The topological polar surface area (TPSA) is 60.2 Å². The van der Waals surface area contributed by atoms with Crippen LogP contribution in [0.2, 0.25) is 5.02 Å². The Bertz CT molecular complexity index is 399. The highest BCUT2D eigenvalue weighted by molar-refractivity contribution is 6.33. The lowest BCUT2D eigenvalue weighted by atomic mass is 10.1. The summed E-state index contributed by atoms with van der Waals surface area (Å²) in [7, 11) is 0. The number of hydrogen-bond donors (Lipinski definition) is 1. The first-order valence-corrected chi connectivity index (χ1v) is 4.23. The van der Waals surface area contributed by atoms with E-state index in [0.29, 0.717) is 22.4 Å². The molecule has 1 aromatic carbocycles. The lowest BCUT2D eigenvalue weighted by Gasteiger charge is -1.97. The van der Waals surface area contributed by atoms with Gasteiger partial charge in [-0.3, -0.25) is 9.59 Å². The van der Waals surface area contributed by atoms with Gasteiger partial charge < -0.3 is 5.73 Å². The highest BCUT2D eigenvalue weighted by Gasteiger charge is 1.98. The van der Waals surface area contributed by atoms with E-state index in [9.17, 15) is 9.59 Å². The second-order valence-corrected chi connectivity index (χ2v) is 3.04. The molecule has 4 heteroatoms. The number of rotatable bonds is 3. The molecule has 2 N–H and O–H groups in total. The number of nitrogens with two attached hydrogens (primary N) is 1. The van der Waals surface area contributed by atoms with E-state index in [4.69, 9.17) is 17.3 Å². The number of primary amides is 1. The van der Waals surface area contributed by atoms with Crippen molar-refractivity contribution in [2.45, 2.75) is 0 Å². The molecule has 0 aliphatic heterocycles. The van der Waals surface area contributed by atoms with Gasteiger partial charge in [0.05, 0.1) is 5.02 Å². The minimum Gasteiger partial charge on any atom is -0.366 e. The molecule has 14 heavy (non-hydrogen) atoms. The fraction of sp³-hybridized carbons (Fsp3) is 0. The molecule has 0 spiro atoms. The van der Waals surface area contributed by atoms with Crippen molar-refractivity contribution in [2.24, 2.45) is 5.73 Å². The van der Waals surface area contributed by atoms with Crippen LogP contribution in [0.15, 0.2) is 24.3 Å². The number of carbonyl (C=O) groups excluding carboxylic acids is 2. The van der Waals surface area contributed by atoms with E-state index in [-0.39, 0.29) is 0 Å². The van der Waals surface area contributed by atoms with Gasteiger partial charge in [0, 0.05) is 11.6 Å². The monoisotopic (exact) mass is 209 g/mol. The Morgan fingerprint density at radius 1 is 1.43 bits per heavy atom. The molecule has 0 unspecified atom stereocenters. The first-order valence-electron chi connectivity index (χ1n) is 3.85. The lowest BCUT2D eigenvalue weighted by Crippen LogP contribution is -2.05. The number of halogens is 1. The first kappa shape index (κ1) is 10.5. The summed E-state index contributed by atoms with van der Waals surface area (Å²) in [6, 6.07) is 4.86. The zero-order chi connectivity index (χ0) is 10.6. The zero-order valence-corrected chi connectivity index (χ0v) is 7.99. The third-order valence-corrected chi connectivity index (χ3v) is 1.93. The molecule has 0 heterocycles. The molecule has 0 radical (unpaired) electrons. The van der Waals surface area contributed by atoms with Gasteiger partial charge in [-0.05, 0) is 23.8 Å². The van der Waals surface area contributed by atoms with Crippen molar-refractivity contribution in [3.8, 4) is 0 Å². The zero-order valence-electron chi connectivity index (χ0n) is 7.24. The molecule has 0 aliphatic rings. The molecule has 0 bridgehead atoms. The van der Waals surface area contributed by atoms with Gasteiger partial charge in [-0.25, -0.2) is 0 Å². The van der Waals surface area contributed by atoms with E-state index >= 15 is 0 Å². The molecule has 0 atom stereocenters. The van der Waals surface area contributed by atoms with Crippen LogP contribution in [0.1, 0.15) is 15.9 Å². The van der Waals surface area contributed by atoms with E-state index in [1.54, 1.807) is 18.2 Å². The van der Waals surface area contributed by atoms with Crippen molar-refractivity contribution >= 4 is 29.9 Å². The molecule has 1 rings (SSSR count). The Labute approximate surface area is 86.2 Å². The van der Waals surface area contributed by atoms with Crippen LogP contribution in [0.3, 0.4) is 0 Å². The van der Waals surface area contributed by atoms with Crippen molar-refractivity contribution in [3.05, 3.63) is 40.4 Å². The van der Waals surface area contributed by atoms with Crippen molar-refractivity contribution in [3.63, 3.8) is 0 Å². The maximum atomic E-state index is 10.5. The molecule has 0 aliphatic carbocycles. The Balaban J connectivity index is 3.01. The van der Waals surface area contributed by atoms with Crippen molar-refractivity contribution in [2.75, 3.05) is 0 Å². The van der Waals surface area contributed by atoms with Crippen LogP contribution < -0.4 is 5.73 Å². The number of hydrogen-bond acceptors (Lipinski definition) is 2. The third kappa shape index (κ3) is 2.71. The van der Waals surface area contributed by atoms with E-state index < -0.39 is 5.91 Å². The number of benzene rings is 1. The minimum atomic E-state index is -0.535. The average Bonchev–Trinajstić information content (AvgIpc) is 2.16. The highest BCUT2D eigenvalue weighted by Crippen LogP contribution is 2.16. The molecule has 1 amide bonds. The van der Waals surface area contributed by atoms with E-state index in [0.717, 1.165) is 0 Å². The Hall–Kier alpha value is -1.61. The van der Waals surface area contributed by atoms with Crippen molar-refractivity contribution in [1.82, 2.24) is 0 Å². The maximum absolute atomic E-state index is 10.5. The molecule has 0 aromatic heterocycles. The number of carbonyl (C=O) groups is 2. The van der Waals surface area contributed by atoms with Crippen LogP contribution in [0.5, 0.6) is 0 Å². The molecule has 72 valence electrons. The molecular weight excluding hydrogens is 202 g/mol. The Morgan fingerprint density at radius 3 is 2.71 bits per heavy atom. The normalized spacial score (nSPS) is 10.4. The molecule has 1 aromatic rings. The Morgan fingerprint density at radius 2 is 2.14 bits per heavy atom. The average molecular weight is 210 g/mol. The van der Waals surface area contributed by atoms with Gasteiger partial charge in [-0.15, -0.1) is 0 Å². The first-order chi connectivity index (χ1) is 6.63. The van der Waals surface area contributed by atoms with Gasteiger partial charge in [0.1, 0.15) is 0 Å². The number of amides is 1. The highest BCUT2D eigenvalue weighted by atomic mass is 35.5. The van der Waals surface area contributed by atoms with Gasteiger partial charge in [-0.1, -0.05) is 17.7 Å². The Kier molecular flexibility index (Phi) is 3.42. The van der Waals surface area contributed by atoms with Crippen molar-refractivity contribution in [1.29, 1.82) is 0 Å². The van der Waals surface area contributed by atoms with Crippen LogP contribution in [0, 0.1) is 0 Å². The summed E-state index contributed by atoms with van der Waals surface area (Å²) in [5.74, 6) is -0.535. The summed E-state index contributed by atoms with van der Waals surface area (Å²) in [5, 5.41) is 0.385. The smallest absolute Gasteiger partial charge is 0.241 e. The lowest BCUT2D eigenvalue weighted by molar-refractivity contribution is -0.113. The van der Waals surface area contributed by atoms with Crippen molar-refractivity contribution < 1.29 is 9.59 Å². The summed E-state index contributed by atoms with van der Waals surface area (Å²) < 4.78 is 0. The van der Waals surface area contributed by atoms with Gasteiger partial charge in [0.25, 0.3) is 0 Å². The second kappa shape index (κ2) is 4.58. The fourth-order valence-corrected chi connectivity index (χ4v) is 1.10. The number of aldehydes is 1. The van der Waals surface area contributed by atoms with Crippen LogP contribution in [0.25, 0.3) is 6.08 Å². The van der Waals surface area contributed by atoms with Crippen LogP contribution in [0.4, 0.5) is 0 Å². The molecular formula is C10H8ClNO2. The predicted molar refractivity (Wildman–Crippen MR) is 55.1 cm³/mol. The molecule has 0 saturated heterocycles. The van der Waals surface area contributed by atoms with Crippen LogP contribution in [-0.4, -0.2) is 12.2 Å². The summed E-state index contributed by atoms with van der Waals surface area (Å²) >= 11 is 5.71. The van der Waals surface area contributed by atoms with E-state index in [1.165, 1.54) is 12.2 Å². The van der Waals surface area contributed by atoms with Gasteiger partial charge >= 0.3 is 0 Å². The largest absolute Gasteiger partial charge is 0.366 e. The molecule has 3 nitrogen and oxygen atoms in total. The van der Waals surface area contributed by atoms with Gasteiger partial charge in [0.2, 0.25) is 5.91 Å². The van der Waals surface area contributed by atoms with Gasteiger partial charge in [-0.2, -0.15) is 0 Å². The van der Waals surface area contributed by atoms with Crippen LogP contribution in [-0.2, 0) is 4.79 Å². The van der Waals surface area contributed by atoms with Crippen LogP contribution >= 0.6 is 11.6 Å². The quantitative estimate of drug-likeness (QED) is 0.608. The predicted octanol–water partition coefficient (Wildman–Crippen LogP) is 1.65. The standard InChI is InChI=1S/C10H8ClNO2/c11-9-3-1-7(2-4-10(12)14)5-8(9)6-13/h1-6H,(H2,12,14). The minimum absolute atomic E-state index is 0.385. The maximum Gasteiger partial charge on any atom is 0.241 e. The SMILES string of the molecule is NC(=O)C=Cc1ccc(Cl)c(C=O)c1.